The van der Waals surface area contributed by atoms with Crippen LogP contribution >= 0.6 is 0 Å². The van der Waals surface area contributed by atoms with Gasteiger partial charge < -0.3 is 10.1 Å². The molecule has 6 nitrogen and oxygen atoms in total. The maximum absolute atomic E-state index is 12.6. The number of amides is 1. The van der Waals surface area contributed by atoms with Crippen molar-refractivity contribution in [2.24, 2.45) is 0 Å². The molecule has 0 fully saturated rings. The van der Waals surface area contributed by atoms with E-state index in [4.69, 9.17) is 4.74 Å². The van der Waals surface area contributed by atoms with E-state index in [1.807, 2.05) is 37.3 Å². The Morgan fingerprint density at radius 2 is 1.71 bits per heavy atom. The Kier molecular flexibility index (Phi) is 7.07. The molecule has 0 bridgehead atoms. The van der Waals surface area contributed by atoms with E-state index in [1.54, 1.807) is 29.8 Å². The lowest BCUT2D eigenvalue weighted by molar-refractivity contribution is 0.0518. The topological polar surface area (TPSA) is 73.2 Å². The van der Waals surface area contributed by atoms with E-state index < -0.39 is 5.97 Å². The number of carbonyl (C=O) groups excluding carboxylic acids is 2. The number of carbonyl (C=O) groups is 2. The molecule has 0 spiro atoms. The highest BCUT2D eigenvalue weighted by Gasteiger charge is 2.18. The summed E-state index contributed by atoms with van der Waals surface area (Å²) in [6.45, 7) is 6.15. The summed E-state index contributed by atoms with van der Waals surface area (Å²) in [6.07, 6.45) is 1.95. The van der Waals surface area contributed by atoms with Crippen LogP contribution in [0.3, 0.4) is 0 Å². The Labute approximate surface area is 199 Å². The molecule has 1 N–H and O–H groups in total. The van der Waals surface area contributed by atoms with Crippen molar-refractivity contribution in [3.05, 3.63) is 84.1 Å². The van der Waals surface area contributed by atoms with Crippen molar-refractivity contribution < 1.29 is 14.3 Å². The number of aromatic nitrogens is 2. The molecule has 0 aliphatic heterocycles. The summed E-state index contributed by atoms with van der Waals surface area (Å²) in [5.41, 5.74) is 3.26. The summed E-state index contributed by atoms with van der Waals surface area (Å²) in [7, 11) is 0. The molecule has 1 unspecified atom stereocenters. The minimum atomic E-state index is -0.468. The fourth-order valence-corrected chi connectivity index (χ4v) is 4.00. The number of hydrogen-bond donors (Lipinski definition) is 1. The smallest absolute Gasteiger partial charge is 0.358 e. The SMILES string of the molecule is CCCC(C)NC(=O)c1ccc(-n2nc(C(=O)OCC)cc2-c2ccc3ccccc3c2)cc1. The fourth-order valence-electron chi connectivity index (χ4n) is 4.00. The van der Waals surface area contributed by atoms with Gasteiger partial charge >= 0.3 is 5.97 Å². The van der Waals surface area contributed by atoms with Crippen LogP contribution < -0.4 is 5.32 Å². The van der Waals surface area contributed by atoms with Gasteiger partial charge in [0.1, 0.15) is 0 Å². The van der Waals surface area contributed by atoms with Gasteiger partial charge in [0.2, 0.25) is 0 Å². The van der Waals surface area contributed by atoms with E-state index in [0.717, 1.165) is 40.6 Å². The standard InChI is InChI=1S/C28H29N3O3/c1-4-8-19(3)29-27(32)21-13-15-24(16-14-21)31-26(18-25(30-31)28(33)34-5-2)23-12-11-20-9-6-7-10-22(20)17-23/h6-7,9-19H,4-5,8H2,1-3H3,(H,29,32). The molecular weight excluding hydrogens is 426 g/mol. The van der Waals surface area contributed by atoms with Gasteiger partial charge in [-0.05, 0) is 67.4 Å². The third kappa shape index (κ3) is 5.01. The molecule has 0 radical (unpaired) electrons. The molecule has 34 heavy (non-hydrogen) atoms. The van der Waals surface area contributed by atoms with Gasteiger partial charge in [0, 0.05) is 17.2 Å². The Hall–Kier alpha value is -3.93. The number of nitrogens with zero attached hydrogens (tertiary/aromatic N) is 2. The number of benzene rings is 3. The molecule has 0 aliphatic carbocycles. The Bertz CT molecular complexity index is 1310. The first-order valence-electron chi connectivity index (χ1n) is 11.7. The second kappa shape index (κ2) is 10.3. The highest BCUT2D eigenvalue weighted by Crippen LogP contribution is 2.28. The predicted molar refractivity (Wildman–Crippen MR) is 134 cm³/mol. The lowest BCUT2D eigenvalue weighted by atomic mass is 10.0. The molecule has 0 saturated carbocycles. The zero-order valence-corrected chi connectivity index (χ0v) is 19.7. The van der Waals surface area contributed by atoms with Gasteiger partial charge in [-0.1, -0.05) is 49.7 Å². The molecule has 174 valence electrons. The maximum Gasteiger partial charge on any atom is 0.358 e. The van der Waals surface area contributed by atoms with E-state index in [1.165, 1.54) is 0 Å². The Morgan fingerprint density at radius 1 is 0.971 bits per heavy atom. The first kappa shape index (κ1) is 23.2. The summed E-state index contributed by atoms with van der Waals surface area (Å²) < 4.78 is 6.90. The van der Waals surface area contributed by atoms with E-state index in [9.17, 15) is 9.59 Å². The van der Waals surface area contributed by atoms with E-state index in [0.29, 0.717) is 5.56 Å². The van der Waals surface area contributed by atoms with E-state index >= 15 is 0 Å². The number of ether oxygens (including phenoxy) is 1. The minimum Gasteiger partial charge on any atom is -0.461 e. The summed E-state index contributed by atoms with van der Waals surface area (Å²) >= 11 is 0. The summed E-state index contributed by atoms with van der Waals surface area (Å²) in [5.74, 6) is -0.570. The van der Waals surface area contributed by atoms with Gasteiger partial charge in [0.05, 0.1) is 18.0 Å². The molecule has 4 aromatic rings. The van der Waals surface area contributed by atoms with Crippen molar-refractivity contribution in [2.75, 3.05) is 6.61 Å². The van der Waals surface area contributed by atoms with Gasteiger partial charge in [-0.3, -0.25) is 4.79 Å². The van der Waals surface area contributed by atoms with Crippen molar-refractivity contribution in [1.29, 1.82) is 0 Å². The van der Waals surface area contributed by atoms with Crippen LogP contribution in [0.4, 0.5) is 0 Å². The molecule has 1 amide bonds. The van der Waals surface area contributed by atoms with Gasteiger partial charge in [-0.15, -0.1) is 0 Å². The molecule has 1 aromatic heterocycles. The summed E-state index contributed by atoms with van der Waals surface area (Å²) in [5, 5.41) is 9.80. The van der Waals surface area contributed by atoms with Crippen LogP contribution in [-0.4, -0.2) is 34.3 Å². The lowest BCUT2D eigenvalue weighted by Gasteiger charge is -2.13. The molecule has 6 heteroatoms. The zero-order chi connectivity index (χ0) is 24.1. The predicted octanol–water partition coefficient (Wildman–Crippen LogP) is 5.79. The average Bonchev–Trinajstić information content (AvgIpc) is 3.30. The van der Waals surface area contributed by atoms with Crippen LogP contribution in [0.1, 0.15) is 54.5 Å². The third-order valence-corrected chi connectivity index (χ3v) is 5.71. The van der Waals surface area contributed by atoms with Crippen molar-refractivity contribution >= 4 is 22.6 Å². The van der Waals surface area contributed by atoms with Crippen molar-refractivity contribution in [3.63, 3.8) is 0 Å². The first-order valence-corrected chi connectivity index (χ1v) is 11.7. The van der Waals surface area contributed by atoms with E-state index in [2.05, 4.69) is 41.6 Å². The molecule has 3 aromatic carbocycles. The monoisotopic (exact) mass is 455 g/mol. The lowest BCUT2D eigenvalue weighted by Crippen LogP contribution is -2.32. The van der Waals surface area contributed by atoms with Crippen LogP contribution in [-0.2, 0) is 4.74 Å². The van der Waals surface area contributed by atoms with Crippen LogP contribution in [0.15, 0.2) is 72.8 Å². The molecule has 0 saturated heterocycles. The Balaban J connectivity index is 1.71. The van der Waals surface area contributed by atoms with Crippen LogP contribution in [0, 0.1) is 0 Å². The number of nitrogens with one attached hydrogen (secondary N) is 1. The average molecular weight is 456 g/mol. The second-order valence-electron chi connectivity index (χ2n) is 8.32. The highest BCUT2D eigenvalue weighted by atomic mass is 16.5. The zero-order valence-electron chi connectivity index (χ0n) is 19.7. The minimum absolute atomic E-state index is 0.102. The number of rotatable bonds is 8. The van der Waals surface area contributed by atoms with Crippen LogP contribution in [0.5, 0.6) is 0 Å². The van der Waals surface area contributed by atoms with Gasteiger partial charge in [0.15, 0.2) is 5.69 Å². The number of fused-ring (bicyclic) bond motifs is 1. The summed E-state index contributed by atoms with van der Waals surface area (Å²) in [6, 6.07) is 23.4. The van der Waals surface area contributed by atoms with Crippen molar-refractivity contribution in [3.8, 4) is 16.9 Å². The normalized spacial score (nSPS) is 11.9. The fraction of sp³-hybridized carbons (Fsp3) is 0.250. The van der Waals surface area contributed by atoms with Gasteiger partial charge in [-0.2, -0.15) is 5.10 Å². The molecule has 1 atom stereocenters. The molecule has 1 heterocycles. The molecule has 4 rings (SSSR count). The quantitative estimate of drug-likeness (QED) is 0.342. The Morgan fingerprint density at radius 3 is 2.41 bits per heavy atom. The number of esters is 1. The van der Waals surface area contributed by atoms with Gasteiger partial charge in [-0.25, -0.2) is 9.48 Å². The van der Waals surface area contributed by atoms with E-state index in [-0.39, 0.29) is 24.2 Å². The molecule has 0 aliphatic rings. The molecular formula is C28H29N3O3. The first-order chi connectivity index (χ1) is 16.5. The van der Waals surface area contributed by atoms with Crippen molar-refractivity contribution in [1.82, 2.24) is 15.1 Å². The van der Waals surface area contributed by atoms with Crippen molar-refractivity contribution in [2.45, 2.75) is 39.7 Å². The van der Waals surface area contributed by atoms with Crippen LogP contribution in [0.25, 0.3) is 27.7 Å². The van der Waals surface area contributed by atoms with Gasteiger partial charge in [0.25, 0.3) is 5.91 Å². The maximum atomic E-state index is 12.6. The summed E-state index contributed by atoms with van der Waals surface area (Å²) in [4.78, 5) is 25.0. The third-order valence-electron chi connectivity index (χ3n) is 5.71. The number of hydrogen-bond acceptors (Lipinski definition) is 4. The highest BCUT2D eigenvalue weighted by molar-refractivity contribution is 5.94. The largest absolute Gasteiger partial charge is 0.461 e. The van der Waals surface area contributed by atoms with Crippen LogP contribution in [0.2, 0.25) is 0 Å². The second-order valence-corrected chi connectivity index (χ2v) is 8.32.